The molecule has 0 radical (unpaired) electrons. The summed E-state index contributed by atoms with van der Waals surface area (Å²) >= 11 is 1.27. The SMILES string of the molecule is CC(=O)Nc1ccc(NC(=O)[C@H](C)Sc2nnnn2-c2cccc(C)c2)cc1. The Labute approximate surface area is 166 Å². The van der Waals surface area contributed by atoms with Crippen LogP contribution in [-0.4, -0.2) is 37.3 Å². The van der Waals surface area contributed by atoms with Crippen LogP contribution in [0.3, 0.4) is 0 Å². The molecular weight excluding hydrogens is 376 g/mol. The summed E-state index contributed by atoms with van der Waals surface area (Å²) in [5.41, 5.74) is 3.25. The zero-order valence-corrected chi connectivity index (χ0v) is 16.5. The van der Waals surface area contributed by atoms with Crippen molar-refractivity contribution in [3.63, 3.8) is 0 Å². The number of carbonyl (C=O) groups is 2. The van der Waals surface area contributed by atoms with Crippen LogP contribution in [-0.2, 0) is 9.59 Å². The van der Waals surface area contributed by atoms with Crippen LogP contribution in [0.2, 0.25) is 0 Å². The molecule has 3 rings (SSSR count). The van der Waals surface area contributed by atoms with Gasteiger partial charge >= 0.3 is 0 Å². The van der Waals surface area contributed by atoms with E-state index in [9.17, 15) is 9.59 Å². The van der Waals surface area contributed by atoms with Crippen molar-refractivity contribution < 1.29 is 9.59 Å². The Hall–Kier alpha value is -3.20. The minimum atomic E-state index is -0.412. The van der Waals surface area contributed by atoms with Gasteiger partial charge in [0.15, 0.2) is 0 Å². The molecular formula is C19H20N6O2S. The summed E-state index contributed by atoms with van der Waals surface area (Å²) in [6.45, 7) is 5.23. The van der Waals surface area contributed by atoms with Gasteiger partial charge in [0.05, 0.1) is 10.9 Å². The Morgan fingerprint density at radius 1 is 1.07 bits per heavy atom. The van der Waals surface area contributed by atoms with Gasteiger partial charge in [-0.3, -0.25) is 9.59 Å². The lowest BCUT2D eigenvalue weighted by Crippen LogP contribution is -2.23. The maximum atomic E-state index is 12.5. The second kappa shape index (κ2) is 8.66. The van der Waals surface area contributed by atoms with E-state index in [0.717, 1.165) is 11.3 Å². The van der Waals surface area contributed by atoms with Crippen molar-refractivity contribution in [3.05, 3.63) is 54.1 Å². The monoisotopic (exact) mass is 396 g/mol. The van der Waals surface area contributed by atoms with Gasteiger partial charge in [-0.1, -0.05) is 23.9 Å². The van der Waals surface area contributed by atoms with Crippen molar-refractivity contribution in [2.75, 3.05) is 10.6 Å². The highest BCUT2D eigenvalue weighted by molar-refractivity contribution is 8.00. The van der Waals surface area contributed by atoms with Gasteiger partial charge in [-0.2, -0.15) is 4.68 Å². The van der Waals surface area contributed by atoms with Gasteiger partial charge in [0, 0.05) is 18.3 Å². The molecule has 2 aromatic carbocycles. The Kier molecular flexibility index (Phi) is 6.05. The molecule has 8 nitrogen and oxygen atoms in total. The third kappa shape index (κ3) is 4.95. The lowest BCUT2D eigenvalue weighted by Gasteiger charge is -2.12. The van der Waals surface area contributed by atoms with Crippen molar-refractivity contribution in [2.24, 2.45) is 0 Å². The molecule has 2 N–H and O–H groups in total. The molecule has 1 heterocycles. The number of aryl methyl sites for hydroxylation is 1. The fourth-order valence-electron chi connectivity index (χ4n) is 2.47. The number of rotatable bonds is 6. The van der Waals surface area contributed by atoms with Crippen molar-refractivity contribution in [3.8, 4) is 5.69 Å². The second-order valence-electron chi connectivity index (χ2n) is 6.22. The average molecular weight is 396 g/mol. The summed E-state index contributed by atoms with van der Waals surface area (Å²) in [5.74, 6) is -0.316. The number of thioether (sulfide) groups is 1. The molecule has 0 spiro atoms. The van der Waals surface area contributed by atoms with Gasteiger partial charge in [-0.15, -0.1) is 5.10 Å². The standard InChI is InChI=1S/C19H20N6O2S/c1-12-5-4-6-17(11-12)25-19(22-23-24-25)28-13(2)18(27)21-16-9-7-15(8-10-16)20-14(3)26/h4-11,13H,1-3H3,(H,20,26)(H,21,27)/t13-/m0/s1. The third-order valence-corrected chi connectivity index (χ3v) is 4.84. The number of nitrogens with zero attached hydrogens (tertiary/aromatic N) is 4. The van der Waals surface area contributed by atoms with Crippen molar-refractivity contribution in [1.82, 2.24) is 20.2 Å². The van der Waals surface area contributed by atoms with Gasteiger partial charge in [0.25, 0.3) is 0 Å². The summed E-state index contributed by atoms with van der Waals surface area (Å²) in [6.07, 6.45) is 0. The molecule has 144 valence electrons. The largest absolute Gasteiger partial charge is 0.326 e. The van der Waals surface area contributed by atoms with E-state index in [1.807, 2.05) is 31.2 Å². The molecule has 0 aliphatic carbocycles. The zero-order valence-electron chi connectivity index (χ0n) is 15.7. The summed E-state index contributed by atoms with van der Waals surface area (Å²) in [4.78, 5) is 23.6. The van der Waals surface area contributed by atoms with Gasteiger partial charge in [0.2, 0.25) is 17.0 Å². The third-order valence-electron chi connectivity index (χ3n) is 3.81. The quantitative estimate of drug-likeness (QED) is 0.621. The Bertz CT molecular complexity index is 986. The maximum Gasteiger partial charge on any atom is 0.237 e. The molecule has 0 aliphatic heterocycles. The van der Waals surface area contributed by atoms with Crippen LogP contribution in [0.5, 0.6) is 0 Å². The van der Waals surface area contributed by atoms with Crippen molar-refractivity contribution in [2.45, 2.75) is 31.2 Å². The molecule has 3 aromatic rings. The van der Waals surface area contributed by atoms with E-state index in [4.69, 9.17) is 0 Å². The molecule has 2 amide bonds. The van der Waals surface area contributed by atoms with Crippen LogP contribution in [0, 0.1) is 6.92 Å². The molecule has 0 aliphatic rings. The van der Waals surface area contributed by atoms with Crippen LogP contribution in [0.1, 0.15) is 19.4 Å². The van der Waals surface area contributed by atoms with Gasteiger partial charge in [0.1, 0.15) is 0 Å². The maximum absolute atomic E-state index is 12.5. The lowest BCUT2D eigenvalue weighted by atomic mass is 10.2. The summed E-state index contributed by atoms with van der Waals surface area (Å²) < 4.78 is 1.61. The number of amides is 2. The topological polar surface area (TPSA) is 102 Å². The summed E-state index contributed by atoms with van der Waals surface area (Å²) in [5, 5.41) is 17.5. The van der Waals surface area contributed by atoms with E-state index >= 15 is 0 Å². The Morgan fingerprint density at radius 2 is 1.75 bits per heavy atom. The molecule has 1 atom stereocenters. The first-order chi connectivity index (χ1) is 13.4. The van der Waals surface area contributed by atoms with Crippen LogP contribution in [0.25, 0.3) is 5.69 Å². The highest BCUT2D eigenvalue weighted by Crippen LogP contribution is 2.24. The molecule has 9 heteroatoms. The highest BCUT2D eigenvalue weighted by atomic mass is 32.2. The molecule has 0 fully saturated rings. The second-order valence-corrected chi connectivity index (χ2v) is 7.53. The van der Waals surface area contributed by atoms with Gasteiger partial charge in [-0.25, -0.2) is 0 Å². The van der Waals surface area contributed by atoms with Crippen LogP contribution < -0.4 is 10.6 Å². The van der Waals surface area contributed by atoms with Gasteiger partial charge in [-0.05, 0) is 66.2 Å². The van der Waals surface area contributed by atoms with Crippen molar-refractivity contribution >= 4 is 35.0 Å². The first-order valence-corrected chi connectivity index (χ1v) is 9.51. The normalized spacial score (nSPS) is 11.7. The molecule has 0 bridgehead atoms. The number of anilines is 2. The molecule has 1 aromatic heterocycles. The minimum Gasteiger partial charge on any atom is -0.326 e. The van der Waals surface area contributed by atoms with Crippen LogP contribution in [0.4, 0.5) is 11.4 Å². The minimum absolute atomic E-state index is 0.145. The van der Waals surface area contributed by atoms with Crippen molar-refractivity contribution in [1.29, 1.82) is 0 Å². The van der Waals surface area contributed by atoms with E-state index < -0.39 is 5.25 Å². The fraction of sp³-hybridized carbons (Fsp3) is 0.211. The predicted octanol–water partition coefficient (Wildman–Crippen LogP) is 3.05. The number of aromatic nitrogens is 4. The summed E-state index contributed by atoms with van der Waals surface area (Å²) in [6, 6.07) is 14.7. The number of hydrogen-bond donors (Lipinski definition) is 2. The van der Waals surface area contributed by atoms with E-state index in [0.29, 0.717) is 16.5 Å². The molecule has 0 unspecified atom stereocenters. The lowest BCUT2D eigenvalue weighted by molar-refractivity contribution is -0.115. The number of benzene rings is 2. The van der Waals surface area contributed by atoms with E-state index in [2.05, 4.69) is 26.2 Å². The Balaban J connectivity index is 1.65. The van der Waals surface area contributed by atoms with E-state index in [1.54, 1.807) is 35.9 Å². The zero-order chi connectivity index (χ0) is 20.1. The molecule has 0 saturated carbocycles. The fourth-order valence-corrected chi connectivity index (χ4v) is 3.28. The first-order valence-electron chi connectivity index (χ1n) is 8.63. The highest BCUT2D eigenvalue weighted by Gasteiger charge is 2.19. The van der Waals surface area contributed by atoms with E-state index in [-0.39, 0.29) is 11.8 Å². The van der Waals surface area contributed by atoms with Gasteiger partial charge < -0.3 is 10.6 Å². The predicted molar refractivity (Wildman–Crippen MR) is 109 cm³/mol. The average Bonchev–Trinajstić information content (AvgIpc) is 3.11. The smallest absolute Gasteiger partial charge is 0.237 e. The molecule has 0 saturated heterocycles. The number of tetrazole rings is 1. The first kappa shape index (κ1) is 19.6. The summed E-state index contributed by atoms with van der Waals surface area (Å²) in [7, 11) is 0. The molecule has 28 heavy (non-hydrogen) atoms. The van der Waals surface area contributed by atoms with Crippen LogP contribution >= 0.6 is 11.8 Å². The Morgan fingerprint density at radius 3 is 2.39 bits per heavy atom. The van der Waals surface area contributed by atoms with Crippen LogP contribution in [0.15, 0.2) is 53.7 Å². The van der Waals surface area contributed by atoms with E-state index in [1.165, 1.54) is 18.7 Å². The number of carbonyl (C=O) groups excluding carboxylic acids is 2. The number of nitrogens with one attached hydrogen (secondary N) is 2. The number of hydrogen-bond acceptors (Lipinski definition) is 6.